The van der Waals surface area contributed by atoms with Crippen LogP contribution in [0, 0.1) is 5.92 Å². The van der Waals surface area contributed by atoms with Crippen molar-refractivity contribution in [1.82, 2.24) is 5.32 Å². The van der Waals surface area contributed by atoms with Gasteiger partial charge in [-0.25, -0.2) is 0 Å². The van der Waals surface area contributed by atoms with E-state index in [1.807, 2.05) is 6.07 Å². The van der Waals surface area contributed by atoms with E-state index in [9.17, 15) is 0 Å². The highest BCUT2D eigenvalue weighted by molar-refractivity contribution is 5.32. The van der Waals surface area contributed by atoms with Gasteiger partial charge in [0.15, 0.2) is 0 Å². The van der Waals surface area contributed by atoms with E-state index >= 15 is 0 Å². The van der Waals surface area contributed by atoms with Crippen molar-refractivity contribution >= 4 is 0 Å². The molecule has 2 rings (SSSR count). The van der Waals surface area contributed by atoms with E-state index < -0.39 is 0 Å². The second kappa shape index (κ2) is 8.40. The summed E-state index contributed by atoms with van der Waals surface area (Å²) in [5.41, 5.74) is 1.41. The Hall–Kier alpha value is -1.06. The summed E-state index contributed by atoms with van der Waals surface area (Å²) in [6.07, 6.45) is 3.58. The molecule has 1 aliphatic rings. The van der Waals surface area contributed by atoms with Crippen molar-refractivity contribution in [3.63, 3.8) is 0 Å². The van der Waals surface area contributed by atoms with Crippen LogP contribution in [0.15, 0.2) is 24.3 Å². The van der Waals surface area contributed by atoms with Gasteiger partial charge in [0.2, 0.25) is 0 Å². The Labute approximate surface area is 129 Å². The predicted molar refractivity (Wildman–Crippen MR) is 87.0 cm³/mol. The summed E-state index contributed by atoms with van der Waals surface area (Å²) in [6, 6.07) is 9.14. The first-order chi connectivity index (χ1) is 10.2. The molecule has 0 aliphatic heterocycles. The number of methoxy groups -OCH3 is 1. The first-order valence-corrected chi connectivity index (χ1v) is 8.14. The quantitative estimate of drug-likeness (QED) is 0.705. The van der Waals surface area contributed by atoms with E-state index in [2.05, 4.69) is 37.4 Å². The lowest BCUT2D eigenvalue weighted by molar-refractivity contribution is 0.106. The summed E-state index contributed by atoms with van der Waals surface area (Å²) < 4.78 is 10.9. The molecule has 1 aromatic carbocycles. The van der Waals surface area contributed by atoms with E-state index in [4.69, 9.17) is 9.47 Å². The molecule has 0 atom stereocenters. The maximum atomic E-state index is 5.59. The van der Waals surface area contributed by atoms with Gasteiger partial charge in [-0.2, -0.15) is 0 Å². The summed E-state index contributed by atoms with van der Waals surface area (Å²) >= 11 is 0. The Morgan fingerprint density at radius 1 is 1.29 bits per heavy atom. The van der Waals surface area contributed by atoms with Crippen molar-refractivity contribution < 1.29 is 9.47 Å². The Morgan fingerprint density at radius 3 is 2.81 bits per heavy atom. The number of rotatable bonds is 9. The molecule has 0 bridgehead atoms. The van der Waals surface area contributed by atoms with Crippen molar-refractivity contribution in [3.05, 3.63) is 29.8 Å². The van der Waals surface area contributed by atoms with Crippen LogP contribution in [0.5, 0.6) is 5.75 Å². The minimum Gasteiger partial charge on any atom is -0.497 e. The standard InChI is InChI=1S/C18H29NO2/c1-14(2)13-21-9-5-8-19-17-10-16(11-17)15-6-4-7-18(12-15)20-3/h4,6-7,12,14,16-17,19H,5,8-11,13H2,1-3H3. The van der Waals surface area contributed by atoms with Crippen LogP contribution in [0.2, 0.25) is 0 Å². The van der Waals surface area contributed by atoms with Gasteiger partial charge in [-0.05, 0) is 55.3 Å². The zero-order chi connectivity index (χ0) is 15.1. The van der Waals surface area contributed by atoms with Gasteiger partial charge in [0.25, 0.3) is 0 Å². The van der Waals surface area contributed by atoms with E-state index in [1.54, 1.807) is 7.11 Å². The number of hydrogen-bond acceptors (Lipinski definition) is 3. The number of benzene rings is 1. The molecule has 0 heterocycles. The molecule has 0 spiro atoms. The van der Waals surface area contributed by atoms with Gasteiger partial charge >= 0.3 is 0 Å². The van der Waals surface area contributed by atoms with Crippen molar-refractivity contribution in [1.29, 1.82) is 0 Å². The molecule has 1 N–H and O–H groups in total. The molecule has 0 unspecified atom stereocenters. The van der Waals surface area contributed by atoms with Crippen molar-refractivity contribution in [2.45, 2.75) is 45.1 Å². The largest absolute Gasteiger partial charge is 0.497 e. The monoisotopic (exact) mass is 291 g/mol. The predicted octanol–water partition coefficient (Wildman–Crippen LogP) is 3.59. The number of hydrogen-bond donors (Lipinski definition) is 1. The fraction of sp³-hybridized carbons (Fsp3) is 0.667. The molecule has 21 heavy (non-hydrogen) atoms. The maximum absolute atomic E-state index is 5.59. The average molecular weight is 291 g/mol. The summed E-state index contributed by atoms with van der Waals surface area (Å²) in [6.45, 7) is 7.18. The molecule has 0 amide bonds. The average Bonchev–Trinajstić information content (AvgIpc) is 2.44. The fourth-order valence-electron chi connectivity index (χ4n) is 2.75. The third-order valence-corrected chi connectivity index (χ3v) is 4.05. The van der Waals surface area contributed by atoms with E-state index in [1.165, 1.54) is 18.4 Å². The first-order valence-electron chi connectivity index (χ1n) is 8.14. The highest BCUT2D eigenvalue weighted by Crippen LogP contribution is 2.37. The SMILES string of the molecule is COc1cccc(C2CC(NCCCOCC(C)C)C2)c1. The van der Waals surface area contributed by atoms with Crippen LogP contribution in [0.1, 0.15) is 44.6 Å². The topological polar surface area (TPSA) is 30.5 Å². The van der Waals surface area contributed by atoms with E-state index in [0.717, 1.165) is 31.9 Å². The van der Waals surface area contributed by atoms with Crippen LogP contribution in [0.4, 0.5) is 0 Å². The summed E-state index contributed by atoms with van der Waals surface area (Å²) in [5, 5.41) is 3.62. The van der Waals surface area contributed by atoms with Crippen LogP contribution in [-0.4, -0.2) is 32.9 Å². The fourth-order valence-corrected chi connectivity index (χ4v) is 2.75. The van der Waals surface area contributed by atoms with E-state index in [-0.39, 0.29) is 0 Å². The Morgan fingerprint density at radius 2 is 2.10 bits per heavy atom. The molecule has 118 valence electrons. The second-order valence-electron chi connectivity index (χ2n) is 6.42. The number of ether oxygens (including phenoxy) is 2. The molecular weight excluding hydrogens is 262 g/mol. The third-order valence-electron chi connectivity index (χ3n) is 4.05. The van der Waals surface area contributed by atoms with Crippen LogP contribution in [0.3, 0.4) is 0 Å². The summed E-state index contributed by atoms with van der Waals surface area (Å²) in [4.78, 5) is 0. The van der Waals surface area contributed by atoms with Gasteiger partial charge < -0.3 is 14.8 Å². The lowest BCUT2D eigenvalue weighted by atomic mass is 9.76. The molecule has 0 radical (unpaired) electrons. The second-order valence-corrected chi connectivity index (χ2v) is 6.42. The number of nitrogens with one attached hydrogen (secondary N) is 1. The molecule has 3 heteroatoms. The highest BCUT2D eigenvalue weighted by atomic mass is 16.5. The van der Waals surface area contributed by atoms with Gasteiger partial charge in [0.05, 0.1) is 7.11 Å². The molecule has 1 fully saturated rings. The summed E-state index contributed by atoms with van der Waals surface area (Å²) in [5.74, 6) is 2.29. The molecule has 1 aromatic rings. The Balaban J connectivity index is 1.57. The zero-order valence-electron chi connectivity index (χ0n) is 13.6. The highest BCUT2D eigenvalue weighted by Gasteiger charge is 2.29. The van der Waals surface area contributed by atoms with Crippen LogP contribution in [-0.2, 0) is 4.74 Å². The van der Waals surface area contributed by atoms with Gasteiger partial charge in [0.1, 0.15) is 5.75 Å². The van der Waals surface area contributed by atoms with Crippen molar-refractivity contribution in [2.75, 3.05) is 26.9 Å². The minimum atomic E-state index is 0.633. The molecule has 1 saturated carbocycles. The molecule has 0 saturated heterocycles. The van der Waals surface area contributed by atoms with Gasteiger partial charge in [0, 0.05) is 19.3 Å². The van der Waals surface area contributed by atoms with E-state index in [0.29, 0.717) is 17.9 Å². The van der Waals surface area contributed by atoms with Crippen LogP contribution < -0.4 is 10.1 Å². The van der Waals surface area contributed by atoms with Gasteiger partial charge in [-0.3, -0.25) is 0 Å². The van der Waals surface area contributed by atoms with Crippen LogP contribution >= 0.6 is 0 Å². The van der Waals surface area contributed by atoms with Gasteiger partial charge in [-0.15, -0.1) is 0 Å². The maximum Gasteiger partial charge on any atom is 0.119 e. The molecular formula is C18H29NO2. The molecule has 1 aliphatic carbocycles. The minimum absolute atomic E-state index is 0.633. The lowest BCUT2D eigenvalue weighted by Crippen LogP contribution is -2.40. The summed E-state index contributed by atoms with van der Waals surface area (Å²) in [7, 11) is 1.73. The van der Waals surface area contributed by atoms with Gasteiger partial charge in [-0.1, -0.05) is 26.0 Å². The lowest BCUT2D eigenvalue weighted by Gasteiger charge is -2.36. The van der Waals surface area contributed by atoms with Crippen LogP contribution in [0.25, 0.3) is 0 Å². The normalized spacial score (nSPS) is 21.3. The smallest absolute Gasteiger partial charge is 0.119 e. The third kappa shape index (κ3) is 5.33. The Bertz CT molecular complexity index is 413. The first kappa shape index (κ1) is 16.3. The Kier molecular flexibility index (Phi) is 6.52. The zero-order valence-corrected chi connectivity index (χ0v) is 13.6. The van der Waals surface area contributed by atoms with Crippen molar-refractivity contribution in [2.24, 2.45) is 5.92 Å². The molecule has 3 nitrogen and oxygen atoms in total. The van der Waals surface area contributed by atoms with Crippen molar-refractivity contribution in [3.8, 4) is 5.75 Å². The molecule has 0 aromatic heterocycles.